The predicted molar refractivity (Wildman–Crippen MR) is 88.5 cm³/mol. The molecule has 1 atom stereocenters. The minimum absolute atomic E-state index is 0.0443. The molecule has 2 aromatic rings. The van der Waals surface area contributed by atoms with Crippen LogP contribution < -0.4 is 5.32 Å². The number of morpholine rings is 1. The summed E-state index contributed by atoms with van der Waals surface area (Å²) in [5.74, 6) is 0.652. The Morgan fingerprint density at radius 1 is 1.39 bits per heavy atom. The zero-order valence-electron chi connectivity index (χ0n) is 13.6. The molecule has 1 aromatic carbocycles. The van der Waals surface area contributed by atoms with Crippen molar-refractivity contribution in [2.45, 2.75) is 25.9 Å². The van der Waals surface area contributed by atoms with Crippen LogP contribution in [0, 0.1) is 12.8 Å². The second kappa shape index (κ2) is 5.53. The average Bonchev–Trinajstić information content (AvgIpc) is 3.35. The number of amides is 2. The van der Waals surface area contributed by atoms with Gasteiger partial charge in [0.2, 0.25) is 0 Å². The fraction of sp³-hybridized carbons (Fsp3) is 0.529. The van der Waals surface area contributed by atoms with Crippen LogP contribution in [0.15, 0.2) is 18.2 Å². The number of hydrogen-bond acceptors (Lipinski definition) is 3. The quantitative estimate of drug-likeness (QED) is 0.926. The highest BCUT2D eigenvalue weighted by molar-refractivity contribution is 5.93. The van der Waals surface area contributed by atoms with E-state index in [1.54, 1.807) is 0 Å². The predicted octanol–water partition coefficient (Wildman–Crippen LogP) is 2.52. The lowest BCUT2D eigenvalue weighted by Gasteiger charge is -2.33. The summed E-state index contributed by atoms with van der Waals surface area (Å²) in [4.78, 5) is 14.4. The van der Waals surface area contributed by atoms with E-state index in [-0.39, 0.29) is 12.1 Å². The molecule has 1 aliphatic heterocycles. The van der Waals surface area contributed by atoms with Gasteiger partial charge in [-0.15, -0.1) is 0 Å². The third kappa shape index (κ3) is 2.79. The highest BCUT2D eigenvalue weighted by atomic mass is 16.5. The number of carbonyl (C=O) groups is 1. The summed E-state index contributed by atoms with van der Waals surface area (Å²) in [7, 11) is 1.92. The van der Waals surface area contributed by atoms with Gasteiger partial charge < -0.3 is 15.0 Å². The van der Waals surface area contributed by atoms with E-state index in [2.05, 4.69) is 10.4 Å². The maximum absolute atomic E-state index is 12.5. The molecule has 122 valence electrons. The van der Waals surface area contributed by atoms with Gasteiger partial charge in [-0.2, -0.15) is 5.10 Å². The Bertz CT molecular complexity index is 750. The number of nitrogens with zero attached hydrogens (tertiary/aromatic N) is 3. The van der Waals surface area contributed by atoms with Crippen molar-refractivity contribution in [2.75, 3.05) is 25.0 Å². The minimum atomic E-state index is -0.0443. The number of carbonyl (C=O) groups excluding carboxylic acids is 1. The van der Waals surface area contributed by atoms with E-state index in [0.29, 0.717) is 25.6 Å². The lowest BCUT2D eigenvalue weighted by atomic mass is 10.2. The number of anilines is 1. The zero-order valence-corrected chi connectivity index (χ0v) is 13.6. The van der Waals surface area contributed by atoms with Crippen LogP contribution in [0.5, 0.6) is 0 Å². The van der Waals surface area contributed by atoms with Crippen molar-refractivity contribution in [3.63, 3.8) is 0 Å². The third-order valence-corrected chi connectivity index (χ3v) is 4.82. The van der Waals surface area contributed by atoms with Crippen molar-refractivity contribution in [3.05, 3.63) is 23.9 Å². The molecule has 23 heavy (non-hydrogen) atoms. The fourth-order valence-corrected chi connectivity index (χ4v) is 3.33. The van der Waals surface area contributed by atoms with E-state index in [0.717, 1.165) is 22.3 Å². The van der Waals surface area contributed by atoms with Crippen LogP contribution in [0.3, 0.4) is 0 Å². The average molecular weight is 314 g/mol. The number of fused-ring (bicyclic) bond motifs is 1. The highest BCUT2D eigenvalue weighted by Crippen LogP contribution is 2.35. The van der Waals surface area contributed by atoms with E-state index in [4.69, 9.17) is 4.74 Å². The van der Waals surface area contributed by atoms with Gasteiger partial charge in [0.15, 0.2) is 0 Å². The van der Waals surface area contributed by atoms with Crippen LogP contribution >= 0.6 is 0 Å². The van der Waals surface area contributed by atoms with Gasteiger partial charge in [-0.25, -0.2) is 4.79 Å². The first-order valence-electron chi connectivity index (χ1n) is 8.23. The highest BCUT2D eigenvalue weighted by Gasteiger charge is 2.36. The van der Waals surface area contributed by atoms with Crippen LogP contribution in [-0.4, -0.2) is 46.5 Å². The van der Waals surface area contributed by atoms with Crippen LogP contribution in [0.1, 0.15) is 18.5 Å². The van der Waals surface area contributed by atoms with Gasteiger partial charge in [0, 0.05) is 31.2 Å². The molecule has 6 nitrogen and oxygen atoms in total. The summed E-state index contributed by atoms with van der Waals surface area (Å²) in [6.45, 7) is 3.98. The van der Waals surface area contributed by atoms with Gasteiger partial charge in [0.1, 0.15) is 0 Å². The monoisotopic (exact) mass is 314 g/mol. The number of aryl methyl sites for hydroxylation is 2. The smallest absolute Gasteiger partial charge is 0.322 e. The molecule has 2 aliphatic rings. The van der Waals surface area contributed by atoms with Crippen LogP contribution in [-0.2, 0) is 11.8 Å². The third-order valence-electron chi connectivity index (χ3n) is 4.82. The summed E-state index contributed by atoms with van der Waals surface area (Å²) in [6, 6.07) is 5.89. The number of urea groups is 1. The first-order chi connectivity index (χ1) is 11.1. The Balaban J connectivity index is 1.48. The van der Waals surface area contributed by atoms with Crippen LogP contribution in [0.2, 0.25) is 0 Å². The van der Waals surface area contributed by atoms with Crippen molar-refractivity contribution in [2.24, 2.45) is 13.0 Å². The number of ether oxygens (including phenoxy) is 1. The Labute approximate surface area is 135 Å². The Kier molecular flexibility index (Phi) is 3.49. The standard InChI is InChI=1S/C17H22N4O2/c1-11-14-6-5-13(9-15(14)20(2)19-11)18-17(22)21-7-8-23-16(10-21)12-3-4-12/h5-6,9,12,16H,3-4,7-8,10H2,1-2H3,(H,18,22). The second-order valence-corrected chi connectivity index (χ2v) is 6.56. The van der Waals surface area contributed by atoms with E-state index in [1.807, 2.05) is 41.8 Å². The molecule has 0 radical (unpaired) electrons. The summed E-state index contributed by atoms with van der Waals surface area (Å²) in [5.41, 5.74) is 2.83. The molecular formula is C17H22N4O2. The summed E-state index contributed by atoms with van der Waals surface area (Å²) >= 11 is 0. The summed E-state index contributed by atoms with van der Waals surface area (Å²) in [5, 5.41) is 8.54. The number of aromatic nitrogens is 2. The number of rotatable bonds is 2. The van der Waals surface area contributed by atoms with E-state index < -0.39 is 0 Å². The second-order valence-electron chi connectivity index (χ2n) is 6.56. The van der Waals surface area contributed by atoms with Gasteiger partial charge in [-0.1, -0.05) is 0 Å². The van der Waals surface area contributed by atoms with E-state index >= 15 is 0 Å². The minimum Gasteiger partial charge on any atom is -0.374 e. The topological polar surface area (TPSA) is 59.4 Å². The number of nitrogens with one attached hydrogen (secondary N) is 1. The number of benzene rings is 1. The largest absolute Gasteiger partial charge is 0.374 e. The Morgan fingerprint density at radius 2 is 2.22 bits per heavy atom. The molecule has 1 N–H and O–H groups in total. The molecule has 2 amide bonds. The zero-order chi connectivity index (χ0) is 16.0. The molecule has 4 rings (SSSR count). The first kappa shape index (κ1) is 14.5. The maximum atomic E-state index is 12.5. The molecule has 0 bridgehead atoms. The molecule has 1 aromatic heterocycles. The van der Waals surface area contributed by atoms with Crippen LogP contribution in [0.25, 0.3) is 10.9 Å². The normalized spacial score (nSPS) is 21.7. The summed E-state index contributed by atoms with van der Waals surface area (Å²) < 4.78 is 7.62. The van der Waals surface area contributed by atoms with Gasteiger partial charge >= 0.3 is 6.03 Å². The van der Waals surface area contributed by atoms with Crippen molar-refractivity contribution >= 4 is 22.6 Å². The molecule has 1 aliphatic carbocycles. The lowest BCUT2D eigenvalue weighted by Crippen LogP contribution is -2.48. The molecule has 2 heterocycles. The van der Waals surface area contributed by atoms with Crippen molar-refractivity contribution < 1.29 is 9.53 Å². The van der Waals surface area contributed by atoms with Crippen molar-refractivity contribution in [3.8, 4) is 0 Å². The summed E-state index contributed by atoms with van der Waals surface area (Å²) in [6.07, 6.45) is 2.68. The first-order valence-corrected chi connectivity index (χ1v) is 8.23. The maximum Gasteiger partial charge on any atom is 0.322 e. The lowest BCUT2D eigenvalue weighted by molar-refractivity contribution is -0.0234. The van der Waals surface area contributed by atoms with Gasteiger partial charge in [0.05, 0.1) is 23.9 Å². The molecule has 2 fully saturated rings. The Morgan fingerprint density at radius 3 is 3.00 bits per heavy atom. The van der Waals surface area contributed by atoms with Crippen molar-refractivity contribution in [1.82, 2.24) is 14.7 Å². The van der Waals surface area contributed by atoms with Crippen molar-refractivity contribution in [1.29, 1.82) is 0 Å². The van der Waals surface area contributed by atoms with Gasteiger partial charge in [-0.3, -0.25) is 4.68 Å². The molecule has 1 unspecified atom stereocenters. The SMILES string of the molecule is Cc1nn(C)c2cc(NC(=O)N3CCOC(C4CC4)C3)ccc12. The molecular weight excluding hydrogens is 292 g/mol. The molecule has 1 saturated heterocycles. The van der Waals surface area contributed by atoms with Gasteiger partial charge in [0.25, 0.3) is 0 Å². The molecule has 6 heteroatoms. The fourth-order valence-electron chi connectivity index (χ4n) is 3.33. The van der Waals surface area contributed by atoms with Crippen LogP contribution in [0.4, 0.5) is 10.5 Å². The Hall–Kier alpha value is -2.08. The molecule has 1 saturated carbocycles. The molecule has 0 spiro atoms. The van der Waals surface area contributed by atoms with E-state index in [1.165, 1.54) is 12.8 Å². The number of hydrogen-bond donors (Lipinski definition) is 1. The van der Waals surface area contributed by atoms with E-state index in [9.17, 15) is 4.79 Å². The van der Waals surface area contributed by atoms with Gasteiger partial charge in [-0.05, 0) is 43.9 Å².